The summed E-state index contributed by atoms with van der Waals surface area (Å²) in [6.07, 6.45) is -1.11. The first-order valence-electron chi connectivity index (χ1n) is 6.53. The number of nitrogen functional groups attached to an aromatic ring is 1. The fourth-order valence-corrected chi connectivity index (χ4v) is 2.80. The van der Waals surface area contributed by atoms with Gasteiger partial charge in [0.1, 0.15) is 24.1 Å². The number of fused-ring (bicyclic) bond motifs is 1. The minimum absolute atomic E-state index is 0.197. The van der Waals surface area contributed by atoms with E-state index in [1.165, 1.54) is 6.33 Å². The zero-order valence-corrected chi connectivity index (χ0v) is 11.3. The number of aryl methyl sites for hydroxylation is 1. The maximum absolute atomic E-state index is 14.4. The van der Waals surface area contributed by atoms with Gasteiger partial charge in [-0.05, 0) is 18.6 Å². The van der Waals surface area contributed by atoms with Crippen LogP contribution in [0.4, 0.5) is 10.2 Å². The number of anilines is 1. The van der Waals surface area contributed by atoms with Crippen molar-refractivity contribution in [1.29, 1.82) is 0 Å². The predicted octanol–water partition coefficient (Wildman–Crippen LogP) is 1.03. The molecule has 1 fully saturated rings. The summed E-state index contributed by atoms with van der Waals surface area (Å²) < 4.78 is 21.6. The van der Waals surface area contributed by atoms with Crippen LogP contribution in [0.3, 0.4) is 0 Å². The average molecular weight is 280 g/mol. The molecule has 0 aromatic carbocycles. The predicted molar refractivity (Wildman–Crippen MR) is 70.9 cm³/mol. The van der Waals surface area contributed by atoms with Crippen LogP contribution in [-0.4, -0.2) is 38.6 Å². The van der Waals surface area contributed by atoms with Crippen molar-refractivity contribution in [3.05, 3.63) is 23.7 Å². The summed E-state index contributed by atoms with van der Waals surface area (Å²) in [4.78, 5) is 3.94. The number of hydrogen-bond donors (Lipinski definition) is 2. The molecule has 6 nitrogen and oxygen atoms in total. The van der Waals surface area contributed by atoms with Gasteiger partial charge in [-0.3, -0.25) is 0 Å². The van der Waals surface area contributed by atoms with Crippen LogP contribution in [0, 0.1) is 12.8 Å². The summed E-state index contributed by atoms with van der Waals surface area (Å²) in [5.74, 6) is -0.0149. The van der Waals surface area contributed by atoms with E-state index in [1.54, 1.807) is 11.4 Å². The van der Waals surface area contributed by atoms with Crippen LogP contribution < -0.4 is 5.73 Å². The van der Waals surface area contributed by atoms with Gasteiger partial charge in [-0.1, -0.05) is 6.92 Å². The number of nitrogens with zero attached hydrogens (tertiary/aromatic N) is 3. The summed E-state index contributed by atoms with van der Waals surface area (Å²) >= 11 is 0. The number of nitrogens with two attached hydrogens (primary N) is 1. The molecule has 0 amide bonds. The topological polar surface area (TPSA) is 85.7 Å². The quantitative estimate of drug-likeness (QED) is 0.858. The van der Waals surface area contributed by atoms with Crippen molar-refractivity contribution in [2.45, 2.75) is 32.2 Å². The minimum atomic E-state index is -1.19. The first kappa shape index (κ1) is 13.3. The Labute approximate surface area is 115 Å². The number of hydrogen-bond acceptors (Lipinski definition) is 5. The van der Waals surface area contributed by atoms with Crippen LogP contribution in [0.1, 0.15) is 24.3 Å². The van der Waals surface area contributed by atoms with Gasteiger partial charge in [0.15, 0.2) is 5.82 Å². The minimum Gasteiger partial charge on any atom is -0.394 e. The summed E-state index contributed by atoms with van der Waals surface area (Å²) in [5, 5.41) is 13.4. The number of aromatic nitrogens is 3. The molecule has 2 aromatic rings. The fourth-order valence-electron chi connectivity index (χ4n) is 2.80. The second-order valence-corrected chi connectivity index (χ2v) is 5.24. The lowest BCUT2D eigenvalue weighted by Gasteiger charge is -2.13. The maximum Gasteiger partial charge on any atom is 0.151 e. The highest BCUT2D eigenvalue weighted by Crippen LogP contribution is 2.40. The second kappa shape index (κ2) is 4.68. The lowest BCUT2D eigenvalue weighted by molar-refractivity contribution is -0.00712. The first-order chi connectivity index (χ1) is 9.54. The molecule has 4 atom stereocenters. The Bertz CT molecular complexity index is 645. The van der Waals surface area contributed by atoms with Crippen molar-refractivity contribution < 1.29 is 14.2 Å². The van der Waals surface area contributed by atoms with Crippen molar-refractivity contribution in [1.82, 2.24) is 14.6 Å². The van der Waals surface area contributed by atoms with E-state index < -0.39 is 18.4 Å². The molecule has 3 rings (SSSR count). The summed E-state index contributed by atoms with van der Waals surface area (Å²) in [5.41, 5.74) is 7.97. The number of ether oxygens (including phenoxy) is 1. The third-order valence-electron chi connectivity index (χ3n) is 3.97. The standard InChI is InChI=1S/C13H17FN4O2/c1-6-3-8(18-11(6)13(15)16-5-17-18)12-10(14)7(2)9(4-19)20-12/h3,5,7,9-10,12,19H,4H2,1-2H3,(H2,15,16,17)/t7-,9-,10+,12+/m1/s1. The van der Waals surface area contributed by atoms with Crippen molar-refractivity contribution in [3.63, 3.8) is 0 Å². The number of aliphatic hydroxyl groups excluding tert-OH is 1. The molecule has 20 heavy (non-hydrogen) atoms. The van der Waals surface area contributed by atoms with E-state index in [1.807, 2.05) is 13.0 Å². The number of alkyl halides is 1. The van der Waals surface area contributed by atoms with Crippen LogP contribution in [-0.2, 0) is 4.74 Å². The highest BCUT2D eigenvalue weighted by Gasteiger charge is 2.44. The molecule has 0 radical (unpaired) electrons. The number of halogens is 1. The van der Waals surface area contributed by atoms with Gasteiger partial charge in [0.25, 0.3) is 0 Å². The third kappa shape index (κ3) is 1.77. The molecule has 0 aliphatic carbocycles. The van der Waals surface area contributed by atoms with Crippen LogP contribution in [0.15, 0.2) is 12.4 Å². The molecule has 1 aliphatic rings. The normalized spacial score (nSPS) is 30.2. The molecule has 0 saturated carbocycles. The average Bonchev–Trinajstić information content (AvgIpc) is 2.90. The molecule has 1 saturated heterocycles. The van der Waals surface area contributed by atoms with E-state index in [0.717, 1.165) is 5.56 Å². The van der Waals surface area contributed by atoms with E-state index >= 15 is 0 Å². The lowest BCUT2D eigenvalue weighted by atomic mass is 9.99. The van der Waals surface area contributed by atoms with Gasteiger partial charge in [0.05, 0.1) is 18.4 Å². The third-order valence-corrected chi connectivity index (χ3v) is 3.97. The molecule has 108 valence electrons. The summed E-state index contributed by atoms with van der Waals surface area (Å²) in [7, 11) is 0. The van der Waals surface area contributed by atoms with E-state index in [4.69, 9.17) is 10.5 Å². The lowest BCUT2D eigenvalue weighted by Crippen LogP contribution is -2.21. The van der Waals surface area contributed by atoms with Crippen molar-refractivity contribution in [2.24, 2.45) is 5.92 Å². The highest BCUT2D eigenvalue weighted by atomic mass is 19.1. The molecule has 0 bridgehead atoms. The van der Waals surface area contributed by atoms with Crippen LogP contribution >= 0.6 is 0 Å². The van der Waals surface area contributed by atoms with Gasteiger partial charge in [0, 0.05) is 5.92 Å². The molecular weight excluding hydrogens is 263 g/mol. The van der Waals surface area contributed by atoms with Crippen molar-refractivity contribution in [3.8, 4) is 0 Å². The second-order valence-electron chi connectivity index (χ2n) is 5.24. The Morgan fingerprint density at radius 3 is 2.95 bits per heavy atom. The van der Waals surface area contributed by atoms with Gasteiger partial charge >= 0.3 is 0 Å². The van der Waals surface area contributed by atoms with Gasteiger partial charge in [-0.15, -0.1) is 0 Å². The van der Waals surface area contributed by atoms with E-state index in [0.29, 0.717) is 17.0 Å². The zero-order chi connectivity index (χ0) is 14.4. The van der Waals surface area contributed by atoms with Gasteiger partial charge in [0.2, 0.25) is 0 Å². The summed E-state index contributed by atoms with van der Waals surface area (Å²) in [6, 6.07) is 1.81. The van der Waals surface area contributed by atoms with Gasteiger partial charge in [-0.2, -0.15) is 5.10 Å². The Morgan fingerprint density at radius 2 is 2.30 bits per heavy atom. The Kier molecular flexibility index (Phi) is 3.10. The largest absolute Gasteiger partial charge is 0.394 e. The van der Waals surface area contributed by atoms with Crippen LogP contribution in [0.2, 0.25) is 0 Å². The Morgan fingerprint density at radius 1 is 1.55 bits per heavy atom. The Balaban J connectivity index is 2.10. The molecule has 2 aromatic heterocycles. The first-order valence-corrected chi connectivity index (χ1v) is 6.53. The molecule has 0 unspecified atom stereocenters. The monoisotopic (exact) mass is 280 g/mol. The molecular formula is C13H17FN4O2. The van der Waals surface area contributed by atoms with Crippen molar-refractivity contribution >= 4 is 11.3 Å². The van der Waals surface area contributed by atoms with Crippen LogP contribution in [0.5, 0.6) is 0 Å². The molecule has 7 heteroatoms. The number of rotatable bonds is 2. The maximum atomic E-state index is 14.4. The summed E-state index contributed by atoms with van der Waals surface area (Å²) in [6.45, 7) is 3.41. The van der Waals surface area contributed by atoms with E-state index in [9.17, 15) is 9.50 Å². The molecule has 1 aliphatic heterocycles. The smallest absolute Gasteiger partial charge is 0.151 e. The zero-order valence-electron chi connectivity index (χ0n) is 11.3. The Hall–Kier alpha value is -1.73. The van der Waals surface area contributed by atoms with Gasteiger partial charge in [-0.25, -0.2) is 13.9 Å². The number of aliphatic hydroxyl groups is 1. The van der Waals surface area contributed by atoms with E-state index in [-0.39, 0.29) is 12.5 Å². The molecule has 3 heterocycles. The van der Waals surface area contributed by atoms with Crippen molar-refractivity contribution in [2.75, 3.05) is 12.3 Å². The SMILES string of the molecule is Cc1cc([C@@H]2O[C@H](CO)[C@@H](C)[C@@H]2F)n2ncnc(N)c12. The highest BCUT2D eigenvalue weighted by molar-refractivity contribution is 5.70. The molecule has 3 N–H and O–H groups in total. The molecule has 0 spiro atoms. The fraction of sp³-hybridized carbons (Fsp3) is 0.538. The van der Waals surface area contributed by atoms with Crippen LogP contribution in [0.25, 0.3) is 5.52 Å². The van der Waals surface area contributed by atoms with Gasteiger partial charge < -0.3 is 15.6 Å². The van der Waals surface area contributed by atoms with E-state index in [2.05, 4.69) is 10.1 Å².